The van der Waals surface area contributed by atoms with E-state index in [1.807, 2.05) is 18.2 Å². The van der Waals surface area contributed by atoms with Crippen molar-refractivity contribution in [3.63, 3.8) is 0 Å². The minimum Gasteiger partial charge on any atom is -0.478 e. The lowest BCUT2D eigenvalue weighted by molar-refractivity contribution is 0.299. The van der Waals surface area contributed by atoms with Gasteiger partial charge in [0.2, 0.25) is 5.88 Å². The number of benzene rings is 1. The van der Waals surface area contributed by atoms with Crippen molar-refractivity contribution in [3.05, 3.63) is 59.8 Å². The summed E-state index contributed by atoms with van der Waals surface area (Å²) in [6, 6.07) is 14.2. The van der Waals surface area contributed by atoms with E-state index in [-0.39, 0.29) is 0 Å². The largest absolute Gasteiger partial charge is 0.478 e. The highest BCUT2D eigenvalue weighted by molar-refractivity contribution is 5.17. The van der Waals surface area contributed by atoms with Gasteiger partial charge in [0.25, 0.3) is 0 Å². The average Bonchev–Trinajstić information content (AvgIpc) is 2.45. The molecule has 0 saturated heterocycles. The first-order valence-electron chi connectivity index (χ1n) is 6.20. The van der Waals surface area contributed by atoms with Crippen LogP contribution in [0.5, 0.6) is 5.88 Å². The van der Waals surface area contributed by atoms with E-state index in [1.165, 1.54) is 5.56 Å². The summed E-state index contributed by atoms with van der Waals surface area (Å²) in [5.41, 5.74) is 7.87. The maximum atomic E-state index is 5.58. The number of rotatable bonds is 6. The van der Waals surface area contributed by atoms with Gasteiger partial charge in [0.1, 0.15) is 0 Å². The fourth-order valence-electron chi connectivity index (χ4n) is 1.71. The highest BCUT2D eigenvalue weighted by atomic mass is 16.5. The molecule has 94 valence electrons. The molecule has 0 unspecified atom stereocenters. The molecule has 1 aromatic carbocycles. The number of ether oxygens (including phenoxy) is 1. The van der Waals surface area contributed by atoms with E-state index in [0.717, 1.165) is 18.4 Å². The van der Waals surface area contributed by atoms with E-state index in [0.29, 0.717) is 19.0 Å². The van der Waals surface area contributed by atoms with Crippen LogP contribution in [0.2, 0.25) is 0 Å². The van der Waals surface area contributed by atoms with Crippen LogP contribution >= 0.6 is 0 Å². The Kier molecular flexibility index (Phi) is 4.73. The summed E-state index contributed by atoms with van der Waals surface area (Å²) in [6.07, 6.45) is 3.78. The van der Waals surface area contributed by atoms with Crippen LogP contribution in [0, 0.1) is 0 Å². The van der Waals surface area contributed by atoms with E-state index in [1.54, 1.807) is 6.20 Å². The van der Waals surface area contributed by atoms with Gasteiger partial charge in [0.05, 0.1) is 6.61 Å². The SMILES string of the molecule is NCc1ccc(OCCCc2ccccc2)nc1. The van der Waals surface area contributed by atoms with Crippen LogP contribution < -0.4 is 10.5 Å². The van der Waals surface area contributed by atoms with Gasteiger partial charge < -0.3 is 10.5 Å². The van der Waals surface area contributed by atoms with Gasteiger partial charge in [-0.25, -0.2) is 4.98 Å². The van der Waals surface area contributed by atoms with Crippen molar-refractivity contribution in [2.45, 2.75) is 19.4 Å². The lowest BCUT2D eigenvalue weighted by Gasteiger charge is -2.05. The lowest BCUT2D eigenvalue weighted by atomic mass is 10.1. The molecule has 3 heteroatoms. The Bertz CT molecular complexity index is 454. The summed E-state index contributed by atoms with van der Waals surface area (Å²) in [5.74, 6) is 0.667. The lowest BCUT2D eigenvalue weighted by Crippen LogP contribution is -2.02. The van der Waals surface area contributed by atoms with Gasteiger partial charge in [0.15, 0.2) is 0 Å². The Morgan fingerprint density at radius 1 is 1.00 bits per heavy atom. The highest BCUT2D eigenvalue weighted by Crippen LogP contribution is 2.08. The maximum Gasteiger partial charge on any atom is 0.213 e. The van der Waals surface area contributed by atoms with E-state index >= 15 is 0 Å². The zero-order valence-electron chi connectivity index (χ0n) is 10.4. The second-order valence-electron chi connectivity index (χ2n) is 4.15. The standard InChI is InChI=1S/C15H18N2O/c16-11-14-8-9-15(17-12-14)18-10-4-7-13-5-2-1-3-6-13/h1-3,5-6,8-9,12H,4,7,10-11,16H2. The smallest absolute Gasteiger partial charge is 0.213 e. The average molecular weight is 242 g/mol. The molecule has 0 aliphatic rings. The molecule has 0 saturated carbocycles. The normalized spacial score (nSPS) is 10.3. The molecule has 1 heterocycles. The van der Waals surface area contributed by atoms with E-state index in [2.05, 4.69) is 29.2 Å². The van der Waals surface area contributed by atoms with Gasteiger partial charge in [-0.3, -0.25) is 0 Å². The molecule has 0 amide bonds. The van der Waals surface area contributed by atoms with Crippen molar-refractivity contribution in [1.29, 1.82) is 0 Å². The van der Waals surface area contributed by atoms with Crippen molar-refractivity contribution in [3.8, 4) is 5.88 Å². The quantitative estimate of drug-likeness (QED) is 0.792. The first-order valence-corrected chi connectivity index (χ1v) is 6.20. The zero-order valence-corrected chi connectivity index (χ0v) is 10.4. The molecule has 0 radical (unpaired) electrons. The van der Waals surface area contributed by atoms with E-state index in [4.69, 9.17) is 10.5 Å². The third kappa shape index (κ3) is 3.86. The van der Waals surface area contributed by atoms with Crippen molar-refractivity contribution < 1.29 is 4.74 Å². The molecule has 1 aromatic heterocycles. The number of pyridine rings is 1. The summed E-state index contributed by atoms with van der Waals surface area (Å²) in [5, 5.41) is 0. The molecule has 18 heavy (non-hydrogen) atoms. The summed E-state index contributed by atoms with van der Waals surface area (Å²) in [4.78, 5) is 4.19. The minimum atomic E-state index is 0.515. The fraction of sp³-hybridized carbons (Fsp3) is 0.267. The third-order valence-corrected chi connectivity index (χ3v) is 2.74. The molecule has 0 bridgehead atoms. The zero-order chi connectivity index (χ0) is 12.6. The summed E-state index contributed by atoms with van der Waals surface area (Å²) >= 11 is 0. The molecule has 3 nitrogen and oxygen atoms in total. The third-order valence-electron chi connectivity index (χ3n) is 2.74. The van der Waals surface area contributed by atoms with Crippen LogP contribution in [0.25, 0.3) is 0 Å². The Balaban J connectivity index is 1.72. The van der Waals surface area contributed by atoms with Crippen molar-refractivity contribution in [1.82, 2.24) is 4.98 Å². The first-order chi connectivity index (χ1) is 8.88. The Morgan fingerprint density at radius 2 is 1.83 bits per heavy atom. The van der Waals surface area contributed by atoms with Gasteiger partial charge in [-0.2, -0.15) is 0 Å². The summed E-state index contributed by atoms with van der Waals surface area (Å²) in [6.45, 7) is 1.20. The number of nitrogens with zero attached hydrogens (tertiary/aromatic N) is 1. The van der Waals surface area contributed by atoms with Crippen molar-refractivity contribution in [2.75, 3.05) is 6.61 Å². The maximum absolute atomic E-state index is 5.58. The van der Waals surface area contributed by atoms with Crippen molar-refractivity contribution >= 4 is 0 Å². The van der Waals surface area contributed by atoms with E-state index in [9.17, 15) is 0 Å². The summed E-state index contributed by atoms with van der Waals surface area (Å²) < 4.78 is 5.58. The van der Waals surface area contributed by atoms with Crippen molar-refractivity contribution in [2.24, 2.45) is 5.73 Å². The van der Waals surface area contributed by atoms with Gasteiger partial charge in [-0.05, 0) is 24.0 Å². The van der Waals surface area contributed by atoms with Crippen LogP contribution in [0.3, 0.4) is 0 Å². The molecule has 0 aliphatic carbocycles. The number of aryl methyl sites for hydroxylation is 1. The van der Waals surface area contributed by atoms with Crippen LogP contribution in [0.4, 0.5) is 0 Å². The molecular weight excluding hydrogens is 224 g/mol. The molecule has 0 spiro atoms. The van der Waals surface area contributed by atoms with Crippen LogP contribution in [-0.2, 0) is 13.0 Å². The van der Waals surface area contributed by atoms with Crippen LogP contribution in [0.1, 0.15) is 17.5 Å². The monoisotopic (exact) mass is 242 g/mol. The van der Waals surface area contributed by atoms with Gasteiger partial charge in [-0.15, -0.1) is 0 Å². The minimum absolute atomic E-state index is 0.515. The Hall–Kier alpha value is -1.87. The Labute approximate surface area is 108 Å². The van der Waals surface area contributed by atoms with Gasteiger partial charge in [0, 0.05) is 18.8 Å². The van der Waals surface area contributed by atoms with Gasteiger partial charge >= 0.3 is 0 Å². The second kappa shape index (κ2) is 6.77. The number of nitrogens with two attached hydrogens (primary N) is 1. The van der Waals surface area contributed by atoms with E-state index < -0.39 is 0 Å². The van der Waals surface area contributed by atoms with Crippen LogP contribution in [-0.4, -0.2) is 11.6 Å². The Morgan fingerprint density at radius 3 is 2.50 bits per heavy atom. The van der Waals surface area contributed by atoms with Gasteiger partial charge in [-0.1, -0.05) is 36.4 Å². The molecule has 2 rings (SSSR count). The number of hydrogen-bond acceptors (Lipinski definition) is 3. The predicted octanol–water partition coefficient (Wildman–Crippen LogP) is 2.55. The topological polar surface area (TPSA) is 48.1 Å². The number of hydrogen-bond donors (Lipinski definition) is 1. The molecule has 0 atom stereocenters. The highest BCUT2D eigenvalue weighted by Gasteiger charge is 1.97. The molecule has 2 aromatic rings. The fourth-order valence-corrected chi connectivity index (χ4v) is 1.71. The van der Waals surface area contributed by atoms with Crippen LogP contribution in [0.15, 0.2) is 48.7 Å². The molecular formula is C15H18N2O. The predicted molar refractivity (Wildman–Crippen MR) is 72.4 cm³/mol. The summed E-state index contributed by atoms with van der Waals surface area (Å²) in [7, 11) is 0. The molecule has 0 aliphatic heterocycles. The first kappa shape index (κ1) is 12.6. The second-order valence-corrected chi connectivity index (χ2v) is 4.15. The molecule has 2 N–H and O–H groups in total. The molecule has 0 fully saturated rings. The number of aromatic nitrogens is 1.